The number of aryl methyl sites for hydroxylation is 1. The average Bonchev–Trinajstić information content (AvgIpc) is 2.64. The molecule has 0 heterocycles. The van der Waals surface area contributed by atoms with E-state index in [1.165, 1.54) is 18.2 Å². The lowest BCUT2D eigenvalue weighted by Crippen LogP contribution is -2.17. The number of primary sulfonamides is 1. The van der Waals surface area contributed by atoms with Crippen molar-refractivity contribution in [3.05, 3.63) is 82.9 Å². The molecule has 0 radical (unpaired) electrons. The molecule has 0 aliphatic heterocycles. The monoisotopic (exact) mass is 416 g/mol. The lowest BCUT2D eigenvalue weighted by Gasteiger charge is -2.11. The van der Waals surface area contributed by atoms with E-state index in [0.717, 1.165) is 0 Å². The van der Waals surface area contributed by atoms with Gasteiger partial charge in [0.2, 0.25) is 10.0 Å². The smallest absolute Gasteiger partial charge is 0.255 e. The third-order valence-corrected chi connectivity index (χ3v) is 5.18. The Morgan fingerprint density at radius 3 is 2.36 bits per heavy atom. The van der Waals surface area contributed by atoms with Crippen molar-refractivity contribution >= 4 is 33.2 Å². The van der Waals surface area contributed by atoms with Crippen molar-refractivity contribution in [3.8, 4) is 11.5 Å². The second-order valence-corrected chi connectivity index (χ2v) is 8.00. The Balaban J connectivity index is 1.76. The summed E-state index contributed by atoms with van der Waals surface area (Å²) in [6.45, 7) is 1.71. The largest absolute Gasteiger partial charge is 0.456 e. The Bertz CT molecular complexity index is 1130. The maximum atomic E-state index is 12.5. The molecular weight excluding hydrogens is 400 g/mol. The molecular formula is C20H17ClN2O4S. The summed E-state index contributed by atoms with van der Waals surface area (Å²) in [6, 6.07) is 18.0. The van der Waals surface area contributed by atoms with E-state index in [1.807, 2.05) is 6.07 Å². The third kappa shape index (κ3) is 4.69. The van der Waals surface area contributed by atoms with Gasteiger partial charge in [0, 0.05) is 11.3 Å². The first kappa shape index (κ1) is 19.9. The quantitative estimate of drug-likeness (QED) is 0.646. The Morgan fingerprint density at radius 1 is 1.04 bits per heavy atom. The lowest BCUT2D eigenvalue weighted by molar-refractivity contribution is 0.102. The van der Waals surface area contributed by atoms with Gasteiger partial charge in [0.15, 0.2) is 0 Å². The Kier molecular flexibility index (Phi) is 5.69. The molecule has 0 aliphatic carbocycles. The number of sulfonamides is 1. The first-order valence-corrected chi connectivity index (χ1v) is 10.1. The van der Waals surface area contributed by atoms with Gasteiger partial charge in [0.25, 0.3) is 5.91 Å². The number of halogens is 1. The molecule has 0 aromatic heterocycles. The number of amides is 1. The first-order valence-electron chi connectivity index (χ1n) is 8.21. The van der Waals surface area contributed by atoms with Crippen LogP contribution in [0, 0.1) is 6.92 Å². The van der Waals surface area contributed by atoms with Crippen LogP contribution in [-0.4, -0.2) is 14.3 Å². The van der Waals surface area contributed by atoms with Gasteiger partial charge in [-0.15, -0.1) is 0 Å². The highest BCUT2D eigenvalue weighted by molar-refractivity contribution is 7.89. The highest BCUT2D eigenvalue weighted by Gasteiger charge is 2.15. The molecule has 0 unspecified atom stereocenters. The highest BCUT2D eigenvalue weighted by Crippen LogP contribution is 2.29. The van der Waals surface area contributed by atoms with Gasteiger partial charge in [0.05, 0.1) is 9.92 Å². The first-order chi connectivity index (χ1) is 13.2. The molecule has 0 aliphatic rings. The number of hydrogen-bond acceptors (Lipinski definition) is 4. The summed E-state index contributed by atoms with van der Waals surface area (Å²) in [5.41, 5.74) is 1.38. The molecule has 1 amide bonds. The highest BCUT2D eigenvalue weighted by atomic mass is 35.5. The molecule has 0 spiro atoms. The zero-order chi connectivity index (χ0) is 20.3. The lowest BCUT2D eigenvalue weighted by atomic mass is 10.1. The fourth-order valence-corrected chi connectivity index (χ4v) is 3.20. The summed E-state index contributed by atoms with van der Waals surface area (Å²) in [7, 11) is -3.89. The zero-order valence-corrected chi connectivity index (χ0v) is 16.4. The van der Waals surface area contributed by atoms with Gasteiger partial charge in [-0.1, -0.05) is 29.8 Å². The van der Waals surface area contributed by atoms with Crippen molar-refractivity contribution in [2.24, 2.45) is 5.14 Å². The number of nitrogens with two attached hydrogens (primary N) is 1. The molecule has 3 rings (SSSR count). The molecule has 144 valence electrons. The van der Waals surface area contributed by atoms with Crippen LogP contribution in [0.2, 0.25) is 5.02 Å². The molecule has 0 fully saturated rings. The SMILES string of the molecule is Cc1ccc(S(N)(=O)=O)cc1C(=O)Nc1ccc(Oc2ccccc2Cl)cc1. The number of carbonyl (C=O) groups excluding carboxylic acids is 1. The van der Waals surface area contributed by atoms with Gasteiger partial charge in [-0.2, -0.15) is 0 Å². The van der Waals surface area contributed by atoms with Crippen molar-refractivity contribution < 1.29 is 17.9 Å². The number of para-hydroxylation sites is 1. The molecule has 3 aromatic carbocycles. The topological polar surface area (TPSA) is 98.5 Å². The summed E-state index contributed by atoms with van der Waals surface area (Å²) in [5, 5.41) is 8.35. The zero-order valence-electron chi connectivity index (χ0n) is 14.8. The Hall–Kier alpha value is -2.87. The number of ether oxygens (including phenoxy) is 1. The number of benzene rings is 3. The fraction of sp³-hybridized carbons (Fsp3) is 0.0500. The van der Waals surface area contributed by atoms with Gasteiger partial charge in [0.1, 0.15) is 11.5 Å². The standard InChI is InChI=1S/C20H17ClN2O4S/c1-13-6-11-16(28(22,25)26)12-17(13)20(24)23-14-7-9-15(10-8-14)27-19-5-3-2-4-18(19)21/h2-12H,1H3,(H,23,24)(H2,22,25,26). The predicted octanol–water partition coefficient (Wildman–Crippen LogP) is 4.34. The van der Waals surface area contributed by atoms with E-state index in [9.17, 15) is 13.2 Å². The fourth-order valence-electron chi connectivity index (χ4n) is 2.48. The maximum absolute atomic E-state index is 12.5. The Labute approximate surface area is 168 Å². The predicted molar refractivity (Wildman–Crippen MR) is 108 cm³/mol. The molecule has 8 heteroatoms. The van der Waals surface area contributed by atoms with Gasteiger partial charge in [-0.25, -0.2) is 13.6 Å². The van der Waals surface area contributed by atoms with Crippen LogP contribution in [0.5, 0.6) is 11.5 Å². The second-order valence-electron chi connectivity index (χ2n) is 6.03. The minimum Gasteiger partial charge on any atom is -0.456 e. The van der Waals surface area contributed by atoms with E-state index in [1.54, 1.807) is 49.4 Å². The number of nitrogens with one attached hydrogen (secondary N) is 1. The van der Waals surface area contributed by atoms with Gasteiger partial charge >= 0.3 is 0 Å². The van der Waals surface area contributed by atoms with Crippen molar-refractivity contribution in [3.63, 3.8) is 0 Å². The van der Waals surface area contributed by atoms with Gasteiger partial charge < -0.3 is 10.1 Å². The Morgan fingerprint density at radius 2 is 1.71 bits per heavy atom. The average molecular weight is 417 g/mol. The van der Waals surface area contributed by atoms with Crippen LogP contribution in [0.3, 0.4) is 0 Å². The van der Waals surface area contributed by atoms with E-state index in [4.69, 9.17) is 21.5 Å². The molecule has 3 aromatic rings. The van der Waals surface area contributed by atoms with E-state index in [0.29, 0.717) is 27.8 Å². The number of hydrogen-bond donors (Lipinski definition) is 2. The summed E-state index contributed by atoms with van der Waals surface area (Å²) >= 11 is 6.07. The van der Waals surface area contributed by atoms with E-state index < -0.39 is 15.9 Å². The van der Waals surface area contributed by atoms with Crippen LogP contribution in [-0.2, 0) is 10.0 Å². The molecule has 6 nitrogen and oxygen atoms in total. The van der Waals surface area contributed by atoms with Crippen molar-refractivity contribution in [1.82, 2.24) is 0 Å². The minimum atomic E-state index is -3.89. The van der Waals surface area contributed by atoms with Crippen LogP contribution in [0.25, 0.3) is 0 Å². The van der Waals surface area contributed by atoms with Crippen LogP contribution in [0.1, 0.15) is 15.9 Å². The summed E-state index contributed by atoms with van der Waals surface area (Å²) < 4.78 is 28.7. The summed E-state index contributed by atoms with van der Waals surface area (Å²) in [5.74, 6) is 0.637. The summed E-state index contributed by atoms with van der Waals surface area (Å²) in [4.78, 5) is 12.4. The normalized spacial score (nSPS) is 11.1. The minimum absolute atomic E-state index is 0.119. The van der Waals surface area contributed by atoms with E-state index >= 15 is 0 Å². The van der Waals surface area contributed by atoms with E-state index in [2.05, 4.69) is 5.32 Å². The molecule has 3 N–H and O–H groups in total. The van der Waals surface area contributed by atoms with Gasteiger partial charge in [-0.05, 0) is 61.0 Å². The van der Waals surface area contributed by atoms with E-state index in [-0.39, 0.29) is 10.5 Å². The van der Waals surface area contributed by atoms with Crippen LogP contribution >= 0.6 is 11.6 Å². The van der Waals surface area contributed by atoms with Crippen molar-refractivity contribution in [2.45, 2.75) is 11.8 Å². The number of anilines is 1. The molecule has 0 bridgehead atoms. The van der Waals surface area contributed by atoms with Crippen LogP contribution in [0.15, 0.2) is 71.6 Å². The van der Waals surface area contributed by atoms with Crippen LogP contribution < -0.4 is 15.2 Å². The third-order valence-electron chi connectivity index (χ3n) is 3.96. The van der Waals surface area contributed by atoms with Gasteiger partial charge in [-0.3, -0.25) is 4.79 Å². The number of rotatable bonds is 5. The molecule has 0 saturated heterocycles. The number of carbonyl (C=O) groups is 1. The summed E-state index contributed by atoms with van der Waals surface area (Å²) in [6.07, 6.45) is 0. The molecule has 28 heavy (non-hydrogen) atoms. The maximum Gasteiger partial charge on any atom is 0.255 e. The molecule has 0 atom stereocenters. The molecule has 0 saturated carbocycles. The van der Waals surface area contributed by atoms with Crippen molar-refractivity contribution in [1.29, 1.82) is 0 Å². The second kappa shape index (κ2) is 8.02. The van der Waals surface area contributed by atoms with Crippen molar-refractivity contribution in [2.75, 3.05) is 5.32 Å². The van der Waals surface area contributed by atoms with Crippen LogP contribution in [0.4, 0.5) is 5.69 Å².